The first-order valence-electron chi connectivity index (χ1n) is 6.56. The predicted octanol–water partition coefficient (Wildman–Crippen LogP) is 0.674. The molecule has 3 heterocycles. The number of hydrogen-bond donors (Lipinski definition) is 1. The van der Waals surface area contributed by atoms with E-state index >= 15 is 0 Å². The Bertz CT molecular complexity index is 468. The zero-order valence-corrected chi connectivity index (χ0v) is 12.7. The van der Waals surface area contributed by atoms with Gasteiger partial charge in [-0.25, -0.2) is 0 Å². The van der Waals surface area contributed by atoms with E-state index in [1.165, 1.54) is 11.3 Å². The van der Waals surface area contributed by atoms with Crippen LogP contribution < -0.4 is 5.32 Å². The second-order valence-corrected chi connectivity index (χ2v) is 5.76. The molecule has 0 radical (unpaired) electrons. The molecule has 20 heavy (non-hydrogen) atoms. The fourth-order valence-corrected chi connectivity index (χ4v) is 3.05. The second-order valence-electron chi connectivity index (χ2n) is 4.98. The lowest BCUT2D eigenvalue weighted by Crippen LogP contribution is -2.57. The molecule has 2 aliphatic heterocycles. The molecule has 0 unspecified atom stereocenters. The third-order valence-corrected chi connectivity index (χ3v) is 4.46. The maximum atomic E-state index is 12.2. The summed E-state index contributed by atoms with van der Waals surface area (Å²) < 4.78 is 0. The molecule has 1 aromatic heterocycles. The molecule has 110 valence electrons. The minimum absolute atomic E-state index is 0. The Hall–Kier alpha value is -1.11. The highest BCUT2D eigenvalue weighted by Crippen LogP contribution is 2.14. The Morgan fingerprint density at radius 3 is 2.30 bits per heavy atom. The van der Waals surface area contributed by atoms with E-state index in [0.717, 1.165) is 18.7 Å². The highest BCUT2D eigenvalue weighted by Gasteiger charge is 2.32. The summed E-state index contributed by atoms with van der Waals surface area (Å²) in [6.07, 6.45) is 0. The Morgan fingerprint density at radius 2 is 1.80 bits per heavy atom. The fourth-order valence-electron chi connectivity index (χ4n) is 2.42. The molecule has 1 N–H and O–H groups in total. The van der Waals surface area contributed by atoms with Gasteiger partial charge in [0.1, 0.15) is 0 Å². The summed E-state index contributed by atoms with van der Waals surface area (Å²) in [4.78, 5) is 28.0. The van der Waals surface area contributed by atoms with Gasteiger partial charge in [-0.1, -0.05) is 0 Å². The molecule has 2 fully saturated rings. The third-order valence-electron chi connectivity index (χ3n) is 3.78. The number of hydrogen-bond acceptors (Lipinski definition) is 4. The summed E-state index contributed by atoms with van der Waals surface area (Å²) in [5.74, 6) is 0.471. The average Bonchev–Trinajstić information content (AvgIpc) is 2.90. The van der Waals surface area contributed by atoms with Gasteiger partial charge in [0.25, 0.3) is 5.91 Å². The number of rotatable bonds is 2. The van der Waals surface area contributed by atoms with Crippen LogP contribution in [-0.4, -0.2) is 60.9 Å². The van der Waals surface area contributed by atoms with E-state index in [4.69, 9.17) is 0 Å². The van der Waals surface area contributed by atoms with Gasteiger partial charge in [-0.2, -0.15) is 11.3 Å². The SMILES string of the molecule is Cl.O=C(c1ccsc1)N1CCN(C(=O)C2CNC2)CC1. The summed E-state index contributed by atoms with van der Waals surface area (Å²) in [6.45, 7) is 4.19. The lowest BCUT2D eigenvalue weighted by atomic mass is 10.0. The topological polar surface area (TPSA) is 52.7 Å². The molecule has 0 aromatic carbocycles. The molecule has 0 aliphatic carbocycles. The minimum atomic E-state index is 0. The number of nitrogens with one attached hydrogen (secondary N) is 1. The largest absolute Gasteiger partial charge is 0.339 e. The highest BCUT2D eigenvalue weighted by atomic mass is 35.5. The van der Waals surface area contributed by atoms with Crippen LogP contribution in [0.25, 0.3) is 0 Å². The average molecular weight is 316 g/mol. The molecule has 0 spiro atoms. The van der Waals surface area contributed by atoms with Crippen LogP contribution in [0.15, 0.2) is 16.8 Å². The predicted molar refractivity (Wildman–Crippen MR) is 80.4 cm³/mol. The van der Waals surface area contributed by atoms with Gasteiger partial charge in [0.15, 0.2) is 0 Å². The molecule has 0 bridgehead atoms. The van der Waals surface area contributed by atoms with Crippen molar-refractivity contribution in [3.05, 3.63) is 22.4 Å². The molecule has 2 amide bonds. The standard InChI is InChI=1S/C13H17N3O2S.ClH/c17-12(10-1-6-19-9-10)15-2-4-16(5-3-15)13(18)11-7-14-8-11;/h1,6,9,11,14H,2-5,7-8H2;1H. The Kier molecular flexibility index (Phi) is 5.01. The normalized spacial score (nSPS) is 19.2. The Balaban J connectivity index is 0.00000147. The number of thiophene rings is 1. The Labute approximate surface area is 128 Å². The van der Waals surface area contributed by atoms with Crippen LogP contribution >= 0.6 is 23.7 Å². The third kappa shape index (κ3) is 2.97. The molecule has 0 atom stereocenters. The van der Waals surface area contributed by atoms with E-state index in [1.807, 2.05) is 26.6 Å². The quantitative estimate of drug-likeness (QED) is 0.873. The summed E-state index contributed by atoms with van der Waals surface area (Å²) in [5.41, 5.74) is 0.757. The van der Waals surface area contributed by atoms with Crippen molar-refractivity contribution in [3.63, 3.8) is 0 Å². The minimum Gasteiger partial charge on any atom is -0.339 e. The summed E-state index contributed by atoms with van der Waals surface area (Å²) in [7, 11) is 0. The molecule has 3 rings (SSSR count). The molecular formula is C13H18ClN3O2S. The van der Waals surface area contributed by atoms with Crippen molar-refractivity contribution in [2.75, 3.05) is 39.3 Å². The van der Waals surface area contributed by atoms with Crippen molar-refractivity contribution < 1.29 is 9.59 Å². The Morgan fingerprint density at radius 1 is 1.15 bits per heavy atom. The molecule has 0 saturated carbocycles. The molecular weight excluding hydrogens is 298 g/mol. The summed E-state index contributed by atoms with van der Waals surface area (Å²) in [6, 6.07) is 1.85. The zero-order chi connectivity index (χ0) is 13.2. The molecule has 7 heteroatoms. The monoisotopic (exact) mass is 315 g/mol. The smallest absolute Gasteiger partial charge is 0.254 e. The number of carbonyl (C=O) groups excluding carboxylic acids is 2. The van der Waals surface area contributed by atoms with E-state index in [-0.39, 0.29) is 30.1 Å². The number of piperazine rings is 1. The fraction of sp³-hybridized carbons (Fsp3) is 0.538. The van der Waals surface area contributed by atoms with E-state index in [2.05, 4.69) is 5.32 Å². The van der Waals surface area contributed by atoms with Crippen molar-refractivity contribution in [1.29, 1.82) is 0 Å². The van der Waals surface area contributed by atoms with Gasteiger partial charge < -0.3 is 15.1 Å². The van der Waals surface area contributed by atoms with Crippen LogP contribution in [-0.2, 0) is 4.79 Å². The summed E-state index contributed by atoms with van der Waals surface area (Å²) in [5, 5.41) is 6.90. The van der Waals surface area contributed by atoms with Crippen molar-refractivity contribution >= 4 is 35.6 Å². The molecule has 1 aromatic rings. The number of amides is 2. The van der Waals surface area contributed by atoms with Crippen molar-refractivity contribution in [1.82, 2.24) is 15.1 Å². The van der Waals surface area contributed by atoms with Crippen LogP contribution in [0.4, 0.5) is 0 Å². The van der Waals surface area contributed by atoms with Gasteiger partial charge in [-0.3, -0.25) is 9.59 Å². The van der Waals surface area contributed by atoms with Crippen molar-refractivity contribution in [3.8, 4) is 0 Å². The van der Waals surface area contributed by atoms with Gasteiger partial charge >= 0.3 is 0 Å². The molecule has 5 nitrogen and oxygen atoms in total. The van der Waals surface area contributed by atoms with Gasteiger partial charge in [0.05, 0.1) is 11.5 Å². The van der Waals surface area contributed by atoms with Gasteiger partial charge in [-0.15, -0.1) is 12.4 Å². The lowest BCUT2D eigenvalue weighted by Gasteiger charge is -2.38. The van der Waals surface area contributed by atoms with Gasteiger partial charge in [-0.05, 0) is 11.4 Å². The van der Waals surface area contributed by atoms with E-state index in [9.17, 15) is 9.59 Å². The highest BCUT2D eigenvalue weighted by molar-refractivity contribution is 7.08. The van der Waals surface area contributed by atoms with Crippen LogP contribution in [0.3, 0.4) is 0 Å². The van der Waals surface area contributed by atoms with Crippen LogP contribution in [0.1, 0.15) is 10.4 Å². The first kappa shape index (κ1) is 15.3. The second kappa shape index (κ2) is 6.56. The number of halogens is 1. The van der Waals surface area contributed by atoms with E-state index < -0.39 is 0 Å². The maximum absolute atomic E-state index is 12.2. The van der Waals surface area contributed by atoms with Crippen LogP contribution in [0.5, 0.6) is 0 Å². The van der Waals surface area contributed by atoms with Gasteiger partial charge in [0.2, 0.25) is 5.91 Å². The maximum Gasteiger partial charge on any atom is 0.254 e. The first-order valence-corrected chi connectivity index (χ1v) is 7.51. The summed E-state index contributed by atoms with van der Waals surface area (Å²) >= 11 is 1.53. The lowest BCUT2D eigenvalue weighted by molar-refractivity contribution is -0.138. The zero-order valence-electron chi connectivity index (χ0n) is 11.1. The van der Waals surface area contributed by atoms with E-state index in [1.54, 1.807) is 0 Å². The van der Waals surface area contributed by atoms with E-state index in [0.29, 0.717) is 26.2 Å². The van der Waals surface area contributed by atoms with Crippen molar-refractivity contribution in [2.24, 2.45) is 5.92 Å². The van der Waals surface area contributed by atoms with Crippen LogP contribution in [0, 0.1) is 5.92 Å². The molecule has 2 aliphatic rings. The van der Waals surface area contributed by atoms with Gasteiger partial charge in [0, 0.05) is 44.6 Å². The first-order chi connectivity index (χ1) is 9.25. The number of carbonyl (C=O) groups is 2. The van der Waals surface area contributed by atoms with Crippen molar-refractivity contribution in [2.45, 2.75) is 0 Å². The van der Waals surface area contributed by atoms with Crippen LogP contribution in [0.2, 0.25) is 0 Å². The molecule has 2 saturated heterocycles. The number of nitrogens with zero attached hydrogens (tertiary/aromatic N) is 2.